The minimum Gasteiger partial charge on any atom is -0.378 e. The van der Waals surface area contributed by atoms with Crippen molar-refractivity contribution in [1.29, 1.82) is 0 Å². The quantitative estimate of drug-likeness (QED) is 0.522. The Morgan fingerprint density at radius 3 is 2.76 bits per heavy atom. The van der Waals surface area contributed by atoms with Crippen molar-refractivity contribution in [2.24, 2.45) is 5.41 Å². The fourth-order valence-electron chi connectivity index (χ4n) is 4.45. The molecule has 1 aromatic carbocycles. The van der Waals surface area contributed by atoms with Crippen molar-refractivity contribution in [1.82, 2.24) is 14.4 Å². The van der Waals surface area contributed by atoms with Crippen LogP contribution in [0.15, 0.2) is 46.6 Å². The standard InChI is InChI=1S/C21H22Cl2N4OS/c1-14-11-21(13-28-14)5-8-26(9-6-21)20-25-12-17(19-24-7-10-27(19)20)29-16-4-2-3-15(22)18(16)23/h2-4,7,10,12,14H,5-6,8-9,11,13H2,1H3/t14-/m0/s1. The molecular weight excluding hydrogens is 427 g/mol. The molecule has 0 radical (unpaired) electrons. The number of aromatic nitrogens is 3. The van der Waals surface area contributed by atoms with Crippen LogP contribution in [0.25, 0.3) is 5.65 Å². The molecule has 1 spiro atoms. The first kappa shape index (κ1) is 19.5. The molecule has 2 aromatic heterocycles. The maximum absolute atomic E-state index is 6.37. The highest BCUT2D eigenvalue weighted by Crippen LogP contribution is 2.43. The Balaban J connectivity index is 1.40. The van der Waals surface area contributed by atoms with E-state index >= 15 is 0 Å². The van der Waals surface area contributed by atoms with Crippen molar-refractivity contribution in [3.05, 3.63) is 46.8 Å². The molecule has 8 heteroatoms. The van der Waals surface area contributed by atoms with Crippen LogP contribution in [0.5, 0.6) is 0 Å². The van der Waals surface area contributed by atoms with E-state index in [2.05, 4.69) is 21.2 Å². The number of nitrogens with zero attached hydrogens (tertiary/aromatic N) is 4. The first-order chi connectivity index (χ1) is 14.0. The SMILES string of the molecule is C[C@H]1CC2(CCN(c3ncc(Sc4cccc(Cl)c4Cl)c4nccn34)CC2)CO1. The Kier molecular flexibility index (Phi) is 5.14. The van der Waals surface area contributed by atoms with E-state index in [1.807, 2.05) is 30.7 Å². The number of imidazole rings is 1. The van der Waals surface area contributed by atoms with Crippen molar-refractivity contribution in [3.8, 4) is 0 Å². The summed E-state index contributed by atoms with van der Waals surface area (Å²) in [6.07, 6.45) is 9.53. The van der Waals surface area contributed by atoms with E-state index in [1.165, 1.54) is 18.2 Å². The van der Waals surface area contributed by atoms with Crippen molar-refractivity contribution in [2.45, 2.75) is 42.1 Å². The molecular formula is C21H22Cl2N4OS. The highest BCUT2D eigenvalue weighted by Gasteiger charge is 2.41. The van der Waals surface area contributed by atoms with Gasteiger partial charge in [0.15, 0.2) is 5.65 Å². The summed E-state index contributed by atoms with van der Waals surface area (Å²) in [7, 11) is 0. The number of anilines is 1. The number of benzene rings is 1. The highest BCUT2D eigenvalue weighted by atomic mass is 35.5. The van der Waals surface area contributed by atoms with Gasteiger partial charge in [-0.25, -0.2) is 9.97 Å². The Morgan fingerprint density at radius 2 is 2.00 bits per heavy atom. The topological polar surface area (TPSA) is 42.7 Å². The monoisotopic (exact) mass is 448 g/mol. The van der Waals surface area contributed by atoms with Crippen LogP contribution < -0.4 is 4.90 Å². The number of rotatable bonds is 3. The van der Waals surface area contributed by atoms with E-state index in [-0.39, 0.29) is 0 Å². The molecule has 29 heavy (non-hydrogen) atoms. The molecule has 0 amide bonds. The third kappa shape index (κ3) is 3.61. The fraction of sp³-hybridized carbons (Fsp3) is 0.429. The zero-order chi connectivity index (χ0) is 20.0. The molecule has 0 bridgehead atoms. The summed E-state index contributed by atoms with van der Waals surface area (Å²) in [6, 6.07) is 5.65. The summed E-state index contributed by atoms with van der Waals surface area (Å²) in [5, 5.41) is 1.11. The molecule has 4 heterocycles. The van der Waals surface area contributed by atoms with Crippen molar-refractivity contribution >= 4 is 46.6 Å². The molecule has 2 fully saturated rings. The molecule has 2 aliphatic rings. The third-order valence-corrected chi connectivity index (χ3v) is 8.01. The summed E-state index contributed by atoms with van der Waals surface area (Å²) >= 11 is 14.1. The fourth-order valence-corrected chi connectivity index (χ4v) is 5.85. The zero-order valence-corrected chi connectivity index (χ0v) is 18.5. The number of piperidine rings is 1. The number of hydrogen-bond acceptors (Lipinski definition) is 5. The maximum atomic E-state index is 6.37. The summed E-state index contributed by atoms with van der Waals surface area (Å²) < 4.78 is 7.94. The number of halogens is 2. The Labute approximate surface area is 184 Å². The van der Waals surface area contributed by atoms with Crippen LogP contribution in [-0.2, 0) is 4.74 Å². The van der Waals surface area contributed by atoms with Gasteiger partial charge in [-0.15, -0.1) is 0 Å². The van der Waals surface area contributed by atoms with Gasteiger partial charge in [-0.2, -0.15) is 0 Å². The lowest BCUT2D eigenvalue weighted by Gasteiger charge is -2.39. The van der Waals surface area contributed by atoms with Gasteiger partial charge in [0.25, 0.3) is 0 Å². The van der Waals surface area contributed by atoms with Gasteiger partial charge in [0.05, 0.1) is 27.7 Å². The molecule has 5 rings (SSSR count). The second-order valence-corrected chi connectivity index (χ2v) is 9.88. The van der Waals surface area contributed by atoms with Crippen molar-refractivity contribution in [3.63, 3.8) is 0 Å². The van der Waals surface area contributed by atoms with Crippen LogP contribution in [0.4, 0.5) is 5.95 Å². The van der Waals surface area contributed by atoms with Crippen molar-refractivity contribution < 1.29 is 4.74 Å². The number of ether oxygens (including phenoxy) is 1. The lowest BCUT2D eigenvalue weighted by Crippen LogP contribution is -2.41. The molecule has 0 aliphatic carbocycles. The van der Waals surface area contributed by atoms with E-state index in [9.17, 15) is 0 Å². The Morgan fingerprint density at radius 1 is 1.17 bits per heavy atom. The van der Waals surface area contributed by atoms with Gasteiger partial charge in [0.1, 0.15) is 0 Å². The summed E-state index contributed by atoms with van der Waals surface area (Å²) in [5.74, 6) is 0.945. The molecule has 152 valence electrons. The summed E-state index contributed by atoms with van der Waals surface area (Å²) in [5.41, 5.74) is 1.23. The van der Waals surface area contributed by atoms with Crippen LogP contribution >= 0.6 is 35.0 Å². The van der Waals surface area contributed by atoms with Gasteiger partial charge in [-0.05, 0) is 43.7 Å². The molecule has 1 atom stereocenters. The van der Waals surface area contributed by atoms with Gasteiger partial charge in [-0.3, -0.25) is 4.40 Å². The lowest BCUT2D eigenvalue weighted by atomic mass is 9.77. The number of hydrogen-bond donors (Lipinski definition) is 0. The van der Waals surface area contributed by atoms with Crippen LogP contribution in [0.2, 0.25) is 10.0 Å². The minimum absolute atomic E-state index is 0.350. The van der Waals surface area contributed by atoms with Crippen LogP contribution in [-0.4, -0.2) is 40.2 Å². The minimum atomic E-state index is 0.350. The molecule has 0 unspecified atom stereocenters. The average Bonchev–Trinajstić information content (AvgIpc) is 3.34. The van der Waals surface area contributed by atoms with Crippen LogP contribution in [0.1, 0.15) is 26.2 Å². The first-order valence-corrected chi connectivity index (χ1v) is 11.4. The van der Waals surface area contributed by atoms with Gasteiger partial charge in [-0.1, -0.05) is 41.0 Å². The predicted octanol–water partition coefficient (Wildman–Crippen LogP) is 5.58. The van der Waals surface area contributed by atoms with Gasteiger partial charge in [0, 0.05) is 36.6 Å². The smallest absolute Gasteiger partial charge is 0.211 e. The number of fused-ring (bicyclic) bond motifs is 1. The molecule has 5 nitrogen and oxygen atoms in total. The van der Waals surface area contributed by atoms with Crippen molar-refractivity contribution in [2.75, 3.05) is 24.6 Å². The molecule has 2 aliphatic heterocycles. The predicted molar refractivity (Wildman–Crippen MR) is 117 cm³/mol. The summed E-state index contributed by atoms with van der Waals surface area (Å²) in [6.45, 7) is 5.05. The van der Waals surface area contributed by atoms with E-state index < -0.39 is 0 Å². The van der Waals surface area contributed by atoms with E-state index in [1.54, 1.807) is 6.07 Å². The van der Waals surface area contributed by atoms with Gasteiger partial charge in [0.2, 0.25) is 5.95 Å². The molecule has 3 aromatic rings. The third-order valence-electron chi connectivity index (χ3n) is 6.01. The molecule has 0 N–H and O–H groups in total. The largest absolute Gasteiger partial charge is 0.378 e. The first-order valence-electron chi connectivity index (χ1n) is 9.85. The van der Waals surface area contributed by atoms with E-state index in [0.29, 0.717) is 21.6 Å². The van der Waals surface area contributed by atoms with Crippen LogP contribution in [0, 0.1) is 5.41 Å². The van der Waals surface area contributed by atoms with Gasteiger partial charge >= 0.3 is 0 Å². The van der Waals surface area contributed by atoms with E-state index in [0.717, 1.165) is 53.9 Å². The van der Waals surface area contributed by atoms with E-state index in [4.69, 9.17) is 32.9 Å². The maximum Gasteiger partial charge on any atom is 0.211 e. The second-order valence-electron chi connectivity index (χ2n) is 8.01. The second kappa shape index (κ2) is 7.65. The molecule has 2 saturated heterocycles. The Hall–Kier alpha value is -1.47. The molecule has 0 saturated carbocycles. The zero-order valence-electron chi connectivity index (χ0n) is 16.1. The highest BCUT2D eigenvalue weighted by molar-refractivity contribution is 7.99. The summed E-state index contributed by atoms with van der Waals surface area (Å²) in [4.78, 5) is 13.6. The van der Waals surface area contributed by atoms with Gasteiger partial charge < -0.3 is 9.64 Å². The van der Waals surface area contributed by atoms with Crippen LogP contribution in [0.3, 0.4) is 0 Å². The lowest BCUT2D eigenvalue weighted by molar-refractivity contribution is 0.0975. The Bertz CT molecular complexity index is 1050. The average molecular weight is 449 g/mol. The normalized spacial score (nSPS) is 21.3.